The highest BCUT2D eigenvalue weighted by atomic mass is 32.2. The van der Waals surface area contributed by atoms with Gasteiger partial charge in [-0.3, -0.25) is 10.1 Å². The number of anilines is 1. The second-order valence-electron chi connectivity index (χ2n) is 3.61. The number of thioether (sulfide) groups is 1. The van der Waals surface area contributed by atoms with E-state index < -0.39 is 4.92 Å². The highest BCUT2D eigenvalue weighted by Gasteiger charge is 2.11. The van der Waals surface area contributed by atoms with Gasteiger partial charge < -0.3 is 5.73 Å². The molecule has 92 valence electrons. The van der Waals surface area contributed by atoms with Crippen LogP contribution in [0, 0.1) is 10.1 Å². The van der Waals surface area contributed by atoms with Crippen molar-refractivity contribution >= 4 is 23.1 Å². The van der Waals surface area contributed by atoms with Crippen LogP contribution in [-0.2, 0) is 5.75 Å². The Morgan fingerprint density at radius 2 is 2.17 bits per heavy atom. The Balaban J connectivity index is 2.11. The third-order valence-electron chi connectivity index (χ3n) is 2.32. The van der Waals surface area contributed by atoms with Crippen LogP contribution < -0.4 is 5.73 Å². The van der Waals surface area contributed by atoms with Gasteiger partial charge in [0.2, 0.25) is 0 Å². The summed E-state index contributed by atoms with van der Waals surface area (Å²) >= 11 is 1.53. The summed E-state index contributed by atoms with van der Waals surface area (Å²) in [5, 5.41) is 11.6. The first-order chi connectivity index (χ1) is 8.66. The molecule has 0 saturated carbocycles. The van der Waals surface area contributed by atoms with Crippen LogP contribution in [0.15, 0.2) is 47.6 Å². The molecule has 2 rings (SSSR count). The topological polar surface area (TPSA) is 82.0 Å². The zero-order valence-electron chi connectivity index (χ0n) is 9.45. The van der Waals surface area contributed by atoms with Gasteiger partial charge in [0.15, 0.2) is 0 Å². The highest BCUT2D eigenvalue weighted by Crippen LogP contribution is 2.26. The lowest BCUT2D eigenvalue weighted by atomic mass is 10.2. The molecule has 0 spiro atoms. The molecule has 0 saturated heterocycles. The Hall–Kier alpha value is -2.08. The fraction of sp³-hybridized carbons (Fsp3) is 0.0833. The summed E-state index contributed by atoms with van der Waals surface area (Å²) in [6, 6.07) is 10.5. The highest BCUT2D eigenvalue weighted by molar-refractivity contribution is 7.98. The Kier molecular flexibility index (Phi) is 3.78. The van der Waals surface area contributed by atoms with Crippen LogP contribution in [0.1, 0.15) is 5.56 Å². The Labute approximate surface area is 108 Å². The summed E-state index contributed by atoms with van der Waals surface area (Å²) in [7, 11) is 0. The summed E-state index contributed by atoms with van der Waals surface area (Å²) in [5.74, 6) is 0.623. The predicted octanol–water partition coefficient (Wildman–Crippen LogP) is 2.86. The van der Waals surface area contributed by atoms with Gasteiger partial charge in [-0.1, -0.05) is 12.1 Å². The summed E-state index contributed by atoms with van der Waals surface area (Å²) in [5.41, 5.74) is 6.53. The van der Waals surface area contributed by atoms with Crippen LogP contribution in [0.3, 0.4) is 0 Å². The minimum Gasteiger partial charge on any atom is -0.393 e. The van der Waals surface area contributed by atoms with Crippen molar-refractivity contribution in [2.75, 3.05) is 5.73 Å². The van der Waals surface area contributed by atoms with Crippen LogP contribution in [0.25, 0.3) is 0 Å². The summed E-state index contributed by atoms with van der Waals surface area (Å²) in [6.45, 7) is 0. The molecule has 0 fully saturated rings. The average molecular weight is 261 g/mol. The third-order valence-corrected chi connectivity index (χ3v) is 3.33. The first-order valence-electron chi connectivity index (χ1n) is 5.23. The molecule has 0 atom stereocenters. The van der Waals surface area contributed by atoms with E-state index >= 15 is 0 Å². The number of nitrogens with zero attached hydrogens (tertiary/aromatic N) is 2. The van der Waals surface area contributed by atoms with E-state index in [1.807, 2.05) is 18.2 Å². The average Bonchev–Trinajstić information content (AvgIpc) is 2.38. The van der Waals surface area contributed by atoms with Gasteiger partial charge in [-0.05, 0) is 23.8 Å². The molecule has 2 N–H and O–H groups in total. The zero-order chi connectivity index (χ0) is 13.0. The van der Waals surface area contributed by atoms with Gasteiger partial charge in [0.05, 0.1) is 9.95 Å². The van der Waals surface area contributed by atoms with E-state index in [-0.39, 0.29) is 11.4 Å². The summed E-state index contributed by atoms with van der Waals surface area (Å²) in [6.07, 6.45) is 1.72. The quantitative estimate of drug-likeness (QED) is 0.396. The van der Waals surface area contributed by atoms with Gasteiger partial charge in [0.1, 0.15) is 5.69 Å². The maximum atomic E-state index is 10.8. The number of pyridine rings is 1. The van der Waals surface area contributed by atoms with E-state index in [4.69, 9.17) is 5.73 Å². The molecule has 6 heteroatoms. The van der Waals surface area contributed by atoms with Crippen molar-refractivity contribution in [3.8, 4) is 0 Å². The number of rotatable bonds is 4. The molecule has 0 aliphatic heterocycles. The number of hydrogen-bond donors (Lipinski definition) is 1. The van der Waals surface area contributed by atoms with Gasteiger partial charge in [-0.15, -0.1) is 11.8 Å². The Morgan fingerprint density at radius 3 is 2.83 bits per heavy atom. The molecule has 1 aromatic heterocycles. The number of nitro groups is 1. The molecule has 0 amide bonds. The Bertz CT molecular complexity index is 561. The molecule has 5 nitrogen and oxygen atoms in total. The molecule has 0 bridgehead atoms. The minimum absolute atomic E-state index is 0.0471. The monoisotopic (exact) mass is 261 g/mol. The van der Waals surface area contributed by atoms with E-state index in [0.29, 0.717) is 5.75 Å². The van der Waals surface area contributed by atoms with Crippen molar-refractivity contribution in [3.63, 3.8) is 0 Å². The molecule has 0 unspecified atom stereocenters. The van der Waals surface area contributed by atoms with Crippen molar-refractivity contribution in [1.82, 2.24) is 4.98 Å². The van der Waals surface area contributed by atoms with Crippen molar-refractivity contribution < 1.29 is 4.92 Å². The molecule has 0 aliphatic carbocycles. The van der Waals surface area contributed by atoms with Crippen molar-refractivity contribution in [2.45, 2.75) is 10.8 Å². The Morgan fingerprint density at radius 1 is 1.33 bits per heavy atom. The standard InChI is InChI=1S/C12H11N3O2S/c13-10-5-4-9(7-11(10)15(16)17)8-18-12-3-1-2-6-14-12/h1-7H,8,13H2. The number of benzene rings is 1. The molecule has 1 heterocycles. The van der Waals surface area contributed by atoms with Crippen LogP contribution >= 0.6 is 11.8 Å². The van der Waals surface area contributed by atoms with Crippen LogP contribution in [0.2, 0.25) is 0 Å². The largest absolute Gasteiger partial charge is 0.393 e. The second-order valence-corrected chi connectivity index (χ2v) is 4.60. The van der Waals surface area contributed by atoms with Crippen LogP contribution in [-0.4, -0.2) is 9.91 Å². The molecular formula is C12H11N3O2S. The van der Waals surface area contributed by atoms with Crippen molar-refractivity contribution in [1.29, 1.82) is 0 Å². The predicted molar refractivity (Wildman–Crippen MR) is 71.3 cm³/mol. The molecule has 0 radical (unpaired) electrons. The van der Waals surface area contributed by atoms with Gasteiger partial charge in [-0.2, -0.15) is 0 Å². The van der Waals surface area contributed by atoms with E-state index in [1.165, 1.54) is 17.8 Å². The maximum absolute atomic E-state index is 10.8. The molecule has 2 aromatic rings. The lowest BCUT2D eigenvalue weighted by Crippen LogP contribution is -1.96. The number of nitrogens with two attached hydrogens (primary N) is 1. The molecule has 18 heavy (non-hydrogen) atoms. The fourth-order valence-electron chi connectivity index (χ4n) is 1.43. The van der Waals surface area contributed by atoms with E-state index in [1.54, 1.807) is 18.3 Å². The zero-order valence-corrected chi connectivity index (χ0v) is 10.3. The first kappa shape index (κ1) is 12.4. The van der Waals surface area contributed by atoms with Gasteiger partial charge >= 0.3 is 0 Å². The van der Waals surface area contributed by atoms with E-state index in [2.05, 4.69) is 4.98 Å². The smallest absolute Gasteiger partial charge is 0.292 e. The summed E-state index contributed by atoms with van der Waals surface area (Å²) in [4.78, 5) is 14.5. The molecule has 0 aliphatic rings. The number of hydrogen-bond acceptors (Lipinski definition) is 5. The van der Waals surface area contributed by atoms with Gasteiger partial charge in [-0.25, -0.2) is 4.98 Å². The van der Waals surface area contributed by atoms with Crippen LogP contribution in [0.5, 0.6) is 0 Å². The van der Waals surface area contributed by atoms with Crippen LogP contribution in [0.4, 0.5) is 11.4 Å². The van der Waals surface area contributed by atoms with E-state index in [9.17, 15) is 10.1 Å². The molecular weight excluding hydrogens is 250 g/mol. The maximum Gasteiger partial charge on any atom is 0.292 e. The normalized spacial score (nSPS) is 10.2. The van der Waals surface area contributed by atoms with Gasteiger partial charge in [0.25, 0.3) is 5.69 Å². The third kappa shape index (κ3) is 2.98. The SMILES string of the molecule is Nc1ccc(CSc2ccccn2)cc1[N+](=O)[O-]. The lowest BCUT2D eigenvalue weighted by Gasteiger charge is -2.03. The first-order valence-corrected chi connectivity index (χ1v) is 6.22. The second kappa shape index (κ2) is 5.50. The number of nitro benzene ring substituents is 1. The summed E-state index contributed by atoms with van der Waals surface area (Å²) < 4.78 is 0. The molecule has 1 aromatic carbocycles. The van der Waals surface area contributed by atoms with E-state index in [0.717, 1.165) is 10.6 Å². The van der Waals surface area contributed by atoms with Crippen molar-refractivity contribution in [2.24, 2.45) is 0 Å². The van der Waals surface area contributed by atoms with Gasteiger partial charge in [0, 0.05) is 18.0 Å². The van der Waals surface area contributed by atoms with Crippen molar-refractivity contribution in [3.05, 3.63) is 58.3 Å². The number of aromatic nitrogens is 1. The fourth-order valence-corrected chi connectivity index (χ4v) is 2.23. The number of nitrogen functional groups attached to an aromatic ring is 1. The lowest BCUT2D eigenvalue weighted by molar-refractivity contribution is -0.383. The minimum atomic E-state index is -0.468.